The summed E-state index contributed by atoms with van der Waals surface area (Å²) in [4.78, 5) is 1.88. The summed E-state index contributed by atoms with van der Waals surface area (Å²) in [6, 6.07) is 11.9. The summed E-state index contributed by atoms with van der Waals surface area (Å²) < 4.78 is 42.4. The molecule has 0 spiro atoms. The van der Waals surface area contributed by atoms with Gasteiger partial charge in [0.15, 0.2) is 5.56 Å². The number of pyridine rings is 1. The monoisotopic (exact) mass is 459 g/mol. The fourth-order valence-corrected chi connectivity index (χ4v) is 3.21. The lowest BCUT2D eigenvalue weighted by Gasteiger charge is -2.16. The number of aromatic nitrogens is 1. The Morgan fingerprint density at radius 3 is 2.48 bits per heavy atom. The van der Waals surface area contributed by atoms with E-state index in [2.05, 4.69) is 0 Å². The average molecular weight is 459 g/mol. The van der Waals surface area contributed by atoms with Crippen LogP contribution >= 0.6 is 0 Å². The van der Waals surface area contributed by atoms with Gasteiger partial charge in [0.25, 0.3) is 5.82 Å². The molecule has 0 saturated carbocycles. The van der Waals surface area contributed by atoms with Gasteiger partial charge in [-0.2, -0.15) is 18.4 Å². The quantitative estimate of drug-likeness (QED) is 0.502. The Kier molecular flexibility index (Phi) is 5.93. The first-order valence-corrected chi connectivity index (χ1v) is 7.86. The molecule has 1 aromatic carbocycles. The molecule has 25 heavy (non-hydrogen) atoms. The van der Waals surface area contributed by atoms with Gasteiger partial charge in [0, 0.05) is 5.56 Å². The summed E-state index contributed by atoms with van der Waals surface area (Å²) in [6.07, 6.45) is -3.76. The second-order valence-corrected chi connectivity index (χ2v) is 5.76. The molecule has 3 nitrogen and oxygen atoms in total. The molecule has 0 fully saturated rings. The van der Waals surface area contributed by atoms with E-state index in [-0.39, 0.29) is 29.5 Å². The molecule has 1 aliphatic heterocycles. The van der Waals surface area contributed by atoms with Crippen molar-refractivity contribution in [1.82, 2.24) is 0 Å². The zero-order valence-corrected chi connectivity index (χ0v) is 15.8. The van der Waals surface area contributed by atoms with E-state index in [9.17, 15) is 18.4 Å². The van der Waals surface area contributed by atoms with Crippen molar-refractivity contribution in [1.29, 1.82) is 5.26 Å². The number of alkyl halides is 3. The fourth-order valence-electron chi connectivity index (χ4n) is 3.21. The van der Waals surface area contributed by atoms with Crippen LogP contribution < -0.4 is 33.4 Å². The smallest absolute Gasteiger partial charge is 0.418 e. The van der Waals surface area contributed by atoms with Crippen molar-refractivity contribution in [3.8, 4) is 17.3 Å². The third-order valence-corrected chi connectivity index (χ3v) is 4.19. The van der Waals surface area contributed by atoms with E-state index in [0.29, 0.717) is 36.7 Å². The van der Waals surface area contributed by atoms with Crippen LogP contribution in [0.1, 0.15) is 24.5 Å². The maximum Gasteiger partial charge on any atom is 0.418 e. The predicted molar refractivity (Wildman–Crippen MR) is 84.3 cm³/mol. The van der Waals surface area contributed by atoms with Crippen LogP contribution in [0.3, 0.4) is 0 Å². The molecule has 0 N–H and O–H groups in total. The van der Waals surface area contributed by atoms with Crippen LogP contribution in [-0.2, 0) is 12.7 Å². The van der Waals surface area contributed by atoms with Crippen molar-refractivity contribution >= 4 is 5.82 Å². The summed E-state index contributed by atoms with van der Waals surface area (Å²) >= 11 is 0. The van der Waals surface area contributed by atoms with Gasteiger partial charge < -0.3 is 24.0 Å². The van der Waals surface area contributed by atoms with E-state index in [1.807, 2.05) is 22.5 Å². The zero-order valence-electron chi connectivity index (χ0n) is 13.6. The van der Waals surface area contributed by atoms with Gasteiger partial charge in [-0.05, 0) is 12.5 Å². The SMILES string of the molecule is CCCN1CC[n+]2c(-c3ccccc3)cc(C(F)(F)F)c(C#N)c21.[I-]. The lowest BCUT2D eigenvalue weighted by molar-refractivity contribution is -0.660. The largest absolute Gasteiger partial charge is 1.00 e. The average Bonchev–Trinajstić information content (AvgIpc) is 2.98. The Bertz CT molecular complexity index is 798. The first-order chi connectivity index (χ1) is 11.5. The molecule has 0 radical (unpaired) electrons. The highest BCUT2D eigenvalue weighted by Gasteiger charge is 2.43. The van der Waals surface area contributed by atoms with E-state index in [1.54, 1.807) is 30.3 Å². The Morgan fingerprint density at radius 2 is 1.92 bits per heavy atom. The topological polar surface area (TPSA) is 30.9 Å². The van der Waals surface area contributed by atoms with Crippen molar-refractivity contribution in [3.05, 3.63) is 47.5 Å². The van der Waals surface area contributed by atoms with Gasteiger partial charge in [-0.3, -0.25) is 4.90 Å². The van der Waals surface area contributed by atoms with Crippen molar-refractivity contribution < 1.29 is 41.7 Å². The Morgan fingerprint density at radius 1 is 1.24 bits per heavy atom. The minimum absolute atomic E-state index is 0. The molecule has 3 rings (SSSR count). The Hall–Kier alpha value is -1.82. The molecule has 0 bridgehead atoms. The number of hydrogen-bond donors (Lipinski definition) is 0. The van der Waals surface area contributed by atoms with Gasteiger partial charge in [-0.25, -0.2) is 4.57 Å². The number of anilines is 1. The van der Waals surface area contributed by atoms with Crippen molar-refractivity contribution in [3.63, 3.8) is 0 Å². The number of halogens is 4. The summed E-state index contributed by atoms with van der Waals surface area (Å²) in [7, 11) is 0. The first kappa shape index (κ1) is 19.5. The van der Waals surface area contributed by atoms with Gasteiger partial charge in [0.2, 0.25) is 0 Å². The van der Waals surface area contributed by atoms with Crippen LogP contribution in [0.4, 0.5) is 19.0 Å². The standard InChI is InChI=1S/C18H17F3N3.HI/c1-2-8-23-9-10-24-16(13-6-4-3-5-7-13)11-15(18(19,20)21)14(12-22)17(23)24;/h3-7,11H,2,8-10H2,1H3;1H/q+1;/p-1. The minimum Gasteiger partial charge on any atom is -1.00 e. The predicted octanol–water partition coefficient (Wildman–Crippen LogP) is 0.766. The summed E-state index contributed by atoms with van der Waals surface area (Å²) in [6.45, 7) is 3.79. The second kappa shape index (κ2) is 7.60. The van der Waals surface area contributed by atoms with Crippen LogP contribution in [0.2, 0.25) is 0 Å². The van der Waals surface area contributed by atoms with Crippen molar-refractivity contribution in [2.45, 2.75) is 26.1 Å². The molecule has 2 aromatic rings. The number of fused-ring (bicyclic) bond motifs is 1. The van der Waals surface area contributed by atoms with Gasteiger partial charge in [-0.1, -0.05) is 37.3 Å². The van der Waals surface area contributed by atoms with E-state index >= 15 is 0 Å². The molecule has 7 heteroatoms. The van der Waals surface area contributed by atoms with Gasteiger partial charge >= 0.3 is 6.18 Å². The van der Waals surface area contributed by atoms with E-state index < -0.39 is 11.7 Å². The van der Waals surface area contributed by atoms with Gasteiger partial charge in [0.05, 0.1) is 12.1 Å². The highest BCUT2D eigenvalue weighted by Crippen LogP contribution is 2.38. The highest BCUT2D eigenvalue weighted by atomic mass is 127. The van der Waals surface area contributed by atoms with E-state index in [0.717, 1.165) is 12.5 Å². The molecule has 1 aliphatic rings. The summed E-state index contributed by atoms with van der Waals surface area (Å²) in [5, 5.41) is 9.40. The Labute approximate surface area is 161 Å². The lowest BCUT2D eigenvalue weighted by Crippen LogP contribution is -3.00. The third-order valence-electron chi connectivity index (χ3n) is 4.19. The van der Waals surface area contributed by atoms with Crippen LogP contribution in [0.5, 0.6) is 0 Å². The van der Waals surface area contributed by atoms with Crippen LogP contribution in [0, 0.1) is 11.3 Å². The second-order valence-electron chi connectivity index (χ2n) is 5.76. The molecule has 0 saturated heterocycles. The zero-order chi connectivity index (χ0) is 17.3. The Balaban J connectivity index is 0.00000225. The summed E-state index contributed by atoms with van der Waals surface area (Å²) in [5.74, 6) is 0.382. The molecule has 2 heterocycles. The molecule has 0 amide bonds. The molecule has 0 unspecified atom stereocenters. The van der Waals surface area contributed by atoms with E-state index in [4.69, 9.17) is 0 Å². The maximum absolute atomic E-state index is 13.5. The van der Waals surface area contributed by atoms with E-state index in [1.165, 1.54) is 0 Å². The first-order valence-electron chi connectivity index (χ1n) is 7.86. The minimum atomic E-state index is -4.56. The highest BCUT2D eigenvalue weighted by molar-refractivity contribution is 5.64. The molecule has 132 valence electrons. The van der Waals surface area contributed by atoms with Crippen molar-refractivity contribution in [2.75, 3.05) is 18.0 Å². The number of nitrogens with zero attached hydrogens (tertiary/aromatic N) is 3. The molecule has 0 aliphatic carbocycles. The third kappa shape index (κ3) is 3.59. The lowest BCUT2D eigenvalue weighted by atomic mass is 10.0. The van der Waals surface area contributed by atoms with Crippen molar-refractivity contribution in [2.24, 2.45) is 0 Å². The number of benzene rings is 1. The molecule has 0 atom stereocenters. The number of rotatable bonds is 3. The van der Waals surface area contributed by atoms with Crippen LogP contribution in [-0.4, -0.2) is 13.1 Å². The number of nitriles is 1. The maximum atomic E-state index is 13.5. The molecule has 1 aromatic heterocycles. The van der Waals surface area contributed by atoms with Gasteiger partial charge in [0.1, 0.15) is 24.9 Å². The summed E-state index contributed by atoms with van der Waals surface area (Å²) in [5.41, 5.74) is 0.0638. The van der Waals surface area contributed by atoms with Crippen LogP contribution in [0.15, 0.2) is 36.4 Å². The molecular weight excluding hydrogens is 442 g/mol. The number of hydrogen-bond acceptors (Lipinski definition) is 2. The fraction of sp³-hybridized carbons (Fsp3) is 0.333. The van der Waals surface area contributed by atoms with Crippen LogP contribution in [0.25, 0.3) is 11.3 Å². The van der Waals surface area contributed by atoms with Gasteiger partial charge in [-0.15, -0.1) is 0 Å². The normalized spacial score (nSPS) is 13.2. The molecular formula is C18H17F3IN3.